The number of nitrogens with one attached hydrogen (secondary N) is 2. The summed E-state index contributed by atoms with van der Waals surface area (Å²) in [6.07, 6.45) is 3.39. The predicted octanol–water partition coefficient (Wildman–Crippen LogP) is 3.62. The molecule has 1 aromatic heterocycles. The van der Waals surface area contributed by atoms with E-state index in [-0.39, 0.29) is 12.1 Å². The Morgan fingerprint density at radius 3 is 2.64 bits per heavy atom. The topological polar surface area (TPSA) is 60.8 Å². The first-order chi connectivity index (χ1) is 13.7. The number of anilines is 1. The van der Waals surface area contributed by atoms with Crippen LogP contribution in [0.4, 0.5) is 10.5 Å². The molecule has 150 valence electrons. The molecule has 3 heterocycles. The molecular formula is C22H30N4O2. The highest BCUT2D eigenvalue weighted by Crippen LogP contribution is 2.26. The van der Waals surface area contributed by atoms with Crippen LogP contribution in [0.2, 0.25) is 0 Å². The third-order valence-electron chi connectivity index (χ3n) is 5.74. The van der Waals surface area contributed by atoms with Gasteiger partial charge in [0, 0.05) is 31.4 Å². The summed E-state index contributed by atoms with van der Waals surface area (Å²) in [6.45, 7) is 6.19. The Hall–Kier alpha value is -2.47. The lowest BCUT2D eigenvalue weighted by molar-refractivity contribution is 0.187. The number of benzene rings is 1. The van der Waals surface area contributed by atoms with E-state index in [2.05, 4.69) is 27.7 Å². The van der Waals surface area contributed by atoms with Crippen molar-refractivity contribution in [3.8, 4) is 0 Å². The van der Waals surface area contributed by atoms with Gasteiger partial charge in [-0.3, -0.25) is 4.90 Å². The fraction of sp³-hybridized carbons (Fsp3) is 0.500. The highest BCUT2D eigenvalue weighted by Gasteiger charge is 2.29. The lowest BCUT2D eigenvalue weighted by Crippen LogP contribution is -2.43. The van der Waals surface area contributed by atoms with Crippen LogP contribution in [-0.4, -0.2) is 54.6 Å². The van der Waals surface area contributed by atoms with E-state index in [1.807, 2.05) is 42.2 Å². The summed E-state index contributed by atoms with van der Waals surface area (Å²) in [6, 6.07) is 14.7. The summed E-state index contributed by atoms with van der Waals surface area (Å²) in [5.41, 5.74) is 1.11. The number of likely N-dealkylation sites (tertiary alicyclic amines) is 2. The molecule has 28 heavy (non-hydrogen) atoms. The van der Waals surface area contributed by atoms with Gasteiger partial charge in [0.2, 0.25) is 0 Å². The Morgan fingerprint density at radius 2 is 1.93 bits per heavy atom. The molecule has 0 spiro atoms. The van der Waals surface area contributed by atoms with E-state index in [4.69, 9.17) is 4.42 Å². The van der Waals surface area contributed by atoms with Crippen molar-refractivity contribution in [1.29, 1.82) is 0 Å². The summed E-state index contributed by atoms with van der Waals surface area (Å²) in [7, 11) is 0. The molecule has 2 saturated heterocycles. The molecule has 0 saturated carbocycles. The molecule has 2 aromatic rings. The minimum Gasteiger partial charge on any atom is -0.465 e. The van der Waals surface area contributed by atoms with E-state index in [9.17, 15) is 4.79 Å². The minimum absolute atomic E-state index is 0.0184. The van der Waals surface area contributed by atoms with Crippen molar-refractivity contribution in [2.45, 2.75) is 38.3 Å². The van der Waals surface area contributed by atoms with Crippen LogP contribution in [0.3, 0.4) is 0 Å². The Kier molecular flexibility index (Phi) is 5.86. The molecule has 1 aromatic carbocycles. The highest BCUT2D eigenvalue weighted by molar-refractivity contribution is 5.74. The van der Waals surface area contributed by atoms with Gasteiger partial charge in [0.1, 0.15) is 11.5 Å². The van der Waals surface area contributed by atoms with Crippen LogP contribution in [0.5, 0.6) is 0 Å². The minimum atomic E-state index is 0.0184. The van der Waals surface area contributed by atoms with Crippen molar-refractivity contribution in [3.05, 3.63) is 54.0 Å². The molecule has 4 rings (SSSR count). The van der Waals surface area contributed by atoms with Crippen molar-refractivity contribution >= 4 is 11.7 Å². The first-order valence-electron chi connectivity index (χ1n) is 10.3. The smallest absolute Gasteiger partial charge is 0.317 e. The van der Waals surface area contributed by atoms with Crippen molar-refractivity contribution in [3.63, 3.8) is 0 Å². The van der Waals surface area contributed by atoms with Crippen molar-refractivity contribution in [1.82, 2.24) is 15.1 Å². The summed E-state index contributed by atoms with van der Waals surface area (Å²) in [5, 5.41) is 6.67. The zero-order chi connectivity index (χ0) is 19.3. The van der Waals surface area contributed by atoms with Gasteiger partial charge in [-0.2, -0.15) is 0 Å². The number of furan rings is 1. The molecule has 2 fully saturated rings. The standard InChI is InChI=1S/C22H30N4O2/c1-17-9-10-21(28-17)20(25-12-5-6-13-25)15-23-22(27)26-14-11-19(16-26)24-18-7-3-2-4-8-18/h2-4,7-10,19-20,24H,5-6,11-16H2,1H3,(H,23,27)/t19-,20+/m0/s1. The summed E-state index contributed by atoms with van der Waals surface area (Å²) >= 11 is 0. The molecule has 6 heteroatoms. The van der Waals surface area contributed by atoms with Crippen LogP contribution in [0.15, 0.2) is 46.9 Å². The third-order valence-corrected chi connectivity index (χ3v) is 5.74. The van der Waals surface area contributed by atoms with Crippen molar-refractivity contribution in [2.75, 3.05) is 38.0 Å². The number of aryl methyl sites for hydroxylation is 1. The second-order valence-electron chi connectivity index (χ2n) is 7.84. The van der Waals surface area contributed by atoms with E-state index in [1.54, 1.807) is 0 Å². The highest BCUT2D eigenvalue weighted by atomic mass is 16.3. The van der Waals surface area contributed by atoms with Gasteiger partial charge in [0.25, 0.3) is 0 Å². The van der Waals surface area contributed by atoms with Gasteiger partial charge in [-0.1, -0.05) is 18.2 Å². The van der Waals surface area contributed by atoms with Gasteiger partial charge in [0.15, 0.2) is 0 Å². The maximum atomic E-state index is 12.7. The van der Waals surface area contributed by atoms with Gasteiger partial charge in [-0.25, -0.2) is 4.79 Å². The fourth-order valence-electron chi connectivity index (χ4n) is 4.22. The molecule has 0 aliphatic carbocycles. The van der Waals surface area contributed by atoms with Crippen LogP contribution >= 0.6 is 0 Å². The Bertz CT molecular complexity index is 770. The molecule has 2 aliphatic heterocycles. The molecule has 0 unspecified atom stereocenters. The monoisotopic (exact) mass is 382 g/mol. The normalized spacial score (nSPS) is 21.0. The zero-order valence-electron chi connectivity index (χ0n) is 16.6. The molecular weight excluding hydrogens is 352 g/mol. The van der Waals surface area contributed by atoms with Crippen LogP contribution in [0.25, 0.3) is 0 Å². The SMILES string of the molecule is Cc1ccc([C@@H](CNC(=O)N2CC[C@H](Nc3ccccc3)C2)N2CCCC2)o1. The number of rotatable bonds is 6. The largest absolute Gasteiger partial charge is 0.465 e. The molecule has 2 N–H and O–H groups in total. The van der Waals surface area contributed by atoms with E-state index in [1.165, 1.54) is 12.8 Å². The van der Waals surface area contributed by atoms with Crippen LogP contribution < -0.4 is 10.6 Å². The van der Waals surface area contributed by atoms with E-state index >= 15 is 0 Å². The number of hydrogen-bond donors (Lipinski definition) is 2. The first kappa shape index (κ1) is 18.9. The van der Waals surface area contributed by atoms with Gasteiger partial charge >= 0.3 is 6.03 Å². The van der Waals surface area contributed by atoms with Gasteiger partial charge in [0.05, 0.1) is 6.04 Å². The number of urea groups is 1. The number of hydrogen-bond acceptors (Lipinski definition) is 4. The number of carbonyl (C=O) groups excluding carboxylic acids is 1. The van der Waals surface area contributed by atoms with Gasteiger partial charge in [-0.05, 0) is 63.5 Å². The maximum Gasteiger partial charge on any atom is 0.317 e. The van der Waals surface area contributed by atoms with E-state index in [0.29, 0.717) is 12.6 Å². The molecule has 2 amide bonds. The number of nitrogens with zero attached hydrogens (tertiary/aromatic N) is 2. The van der Waals surface area contributed by atoms with Gasteiger partial charge < -0.3 is 20.0 Å². The summed E-state index contributed by atoms with van der Waals surface area (Å²) < 4.78 is 5.88. The molecule has 0 bridgehead atoms. The number of amides is 2. The first-order valence-corrected chi connectivity index (χ1v) is 10.3. The molecule has 2 atom stereocenters. The fourth-order valence-corrected chi connectivity index (χ4v) is 4.22. The van der Waals surface area contributed by atoms with Crippen molar-refractivity contribution < 1.29 is 9.21 Å². The van der Waals surface area contributed by atoms with Crippen LogP contribution in [0, 0.1) is 6.92 Å². The van der Waals surface area contributed by atoms with Crippen LogP contribution in [0.1, 0.15) is 36.8 Å². The average molecular weight is 383 g/mol. The predicted molar refractivity (Wildman–Crippen MR) is 110 cm³/mol. The van der Waals surface area contributed by atoms with E-state index in [0.717, 1.165) is 49.8 Å². The lowest BCUT2D eigenvalue weighted by Gasteiger charge is -2.27. The molecule has 0 radical (unpaired) electrons. The summed E-state index contributed by atoms with van der Waals surface area (Å²) in [5.74, 6) is 1.87. The summed E-state index contributed by atoms with van der Waals surface area (Å²) in [4.78, 5) is 17.1. The van der Waals surface area contributed by atoms with E-state index < -0.39 is 0 Å². The Morgan fingerprint density at radius 1 is 1.14 bits per heavy atom. The lowest BCUT2D eigenvalue weighted by atomic mass is 10.2. The van der Waals surface area contributed by atoms with Crippen molar-refractivity contribution in [2.24, 2.45) is 0 Å². The second kappa shape index (κ2) is 8.69. The number of para-hydroxylation sites is 1. The number of carbonyl (C=O) groups is 1. The maximum absolute atomic E-state index is 12.7. The quantitative estimate of drug-likeness (QED) is 0.801. The zero-order valence-corrected chi connectivity index (χ0v) is 16.6. The third kappa shape index (κ3) is 4.50. The van der Waals surface area contributed by atoms with Crippen LogP contribution in [-0.2, 0) is 0 Å². The molecule has 6 nitrogen and oxygen atoms in total. The second-order valence-corrected chi connectivity index (χ2v) is 7.84. The molecule has 2 aliphatic rings. The average Bonchev–Trinajstić information content (AvgIpc) is 3.45. The Balaban J connectivity index is 1.31. The Labute approximate surface area is 166 Å². The van der Waals surface area contributed by atoms with Gasteiger partial charge in [-0.15, -0.1) is 0 Å².